The highest BCUT2D eigenvalue weighted by Crippen LogP contribution is 2.30. The molecular weight excluding hydrogens is 360 g/mol. The van der Waals surface area contributed by atoms with Gasteiger partial charge in [0.1, 0.15) is 5.54 Å². The van der Waals surface area contributed by atoms with Gasteiger partial charge in [0.25, 0.3) is 0 Å². The molecule has 1 saturated heterocycles. The Morgan fingerprint density at radius 3 is 2.76 bits per heavy atom. The lowest BCUT2D eigenvalue weighted by atomic mass is 9.89. The van der Waals surface area contributed by atoms with Crippen molar-refractivity contribution < 1.29 is 14.7 Å². The molecule has 1 aromatic carbocycles. The number of carboxylic acid groups (broad SMARTS) is 1. The summed E-state index contributed by atoms with van der Waals surface area (Å²) in [5, 5.41) is 12.5. The van der Waals surface area contributed by atoms with Crippen molar-refractivity contribution in [3.05, 3.63) is 27.7 Å². The van der Waals surface area contributed by atoms with Crippen LogP contribution in [0.15, 0.2) is 22.7 Å². The molecule has 0 aliphatic carbocycles. The Balaban J connectivity index is 2.20. The van der Waals surface area contributed by atoms with E-state index in [1.54, 1.807) is 25.1 Å². The van der Waals surface area contributed by atoms with Gasteiger partial charge in [0.05, 0.1) is 10.7 Å². The van der Waals surface area contributed by atoms with E-state index < -0.39 is 17.5 Å². The number of anilines is 1. The maximum absolute atomic E-state index is 12.4. The molecule has 1 heterocycles. The van der Waals surface area contributed by atoms with Gasteiger partial charge in [-0.2, -0.15) is 0 Å². The minimum atomic E-state index is -1.18. The Morgan fingerprint density at radius 1 is 1.43 bits per heavy atom. The highest BCUT2D eigenvalue weighted by Gasteiger charge is 2.44. The van der Waals surface area contributed by atoms with Crippen molar-refractivity contribution in [2.75, 3.05) is 11.9 Å². The summed E-state index contributed by atoms with van der Waals surface area (Å²) in [7, 11) is 0. The molecule has 1 aliphatic heterocycles. The average Bonchev–Trinajstić information content (AvgIpc) is 2.42. The number of benzene rings is 1. The van der Waals surface area contributed by atoms with Crippen LogP contribution in [0.3, 0.4) is 0 Å². The van der Waals surface area contributed by atoms with E-state index in [4.69, 9.17) is 11.6 Å². The smallest absolute Gasteiger partial charge is 0.329 e. The van der Waals surface area contributed by atoms with Crippen molar-refractivity contribution in [3.8, 4) is 0 Å². The van der Waals surface area contributed by atoms with Gasteiger partial charge in [-0.3, -0.25) is 0 Å². The first kappa shape index (κ1) is 16.1. The van der Waals surface area contributed by atoms with Crippen LogP contribution in [-0.2, 0) is 4.79 Å². The van der Waals surface area contributed by atoms with Gasteiger partial charge in [0.2, 0.25) is 0 Å². The van der Waals surface area contributed by atoms with Crippen LogP contribution < -0.4 is 5.32 Å². The standard InChI is InChI=1S/C14H16BrClN2O3/c1-14(12(19)20)6-2-3-7-18(14)13(21)17-11-5-4-9(15)8-10(11)16/h4-5,8H,2-3,6-7H2,1H3,(H,17,21)(H,19,20). The van der Waals surface area contributed by atoms with Crippen LogP contribution in [0, 0.1) is 0 Å². The van der Waals surface area contributed by atoms with Crippen LogP contribution in [0.4, 0.5) is 10.5 Å². The molecule has 21 heavy (non-hydrogen) atoms. The van der Waals surface area contributed by atoms with Crippen LogP contribution in [0.1, 0.15) is 26.2 Å². The van der Waals surface area contributed by atoms with Gasteiger partial charge in [0, 0.05) is 11.0 Å². The summed E-state index contributed by atoms with van der Waals surface area (Å²) in [4.78, 5) is 25.3. The Kier molecular flexibility index (Phi) is 4.78. The maximum atomic E-state index is 12.4. The molecule has 0 aromatic heterocycles. The first-order chi connectivity index (χ1) is 9.84. The number of amides is 2. The van der Waals surface area contributed by atoms with Gasteiger partial charge >= 0.3 is 12.0 Å². The highest BCUT2D eigenvalue weighted by atomic mass is 79.9. The van der Waals surface area contributed by atoms with Gasteiger partial charge < -0.3 is 15.3 Å². The molecule has 114 valence electrons. The van der Waals surface area contributed by atoms with Crippen LogP contribution in [0.25, 0.3) is 0 Å². The third-order valence-electron chi connectivity index (χ3n) is 3.77. The summed E-state index contributed by atoms with van der Waals surface area (Å²) < 4.78 is 0.804. The van der Waals surface area contributed by atoms with E-state index in [-0.39, 0.29) is 0 Å². The molecule has 1 fully saturated rings. The monoisotopic (exact) mass is 374 g/mol. The number of urea groups is 1. The minimum absolute atomic E-state index is 0.395. The Morgan fingerprint density at radius 2 is 2.14 bits per heavy atom. The number of nitrogens with one attached hydrogen (secondary N) is 1. The largest absolute Gasteiger partial charge is 0.480 e. The van der Waals surface area contributed by atoms with Crippen molar-refractivity contribution >= 4 is 45.2 Å². The summed E-state index contributed by atoms with van der Waals surface area (Å²) in [6, 6.07) is 4.66. The fourth-order valence-electron chi connectivity index (χ4n) is 2.44. The van der Waals surface area contributed by atoms with Crippen LogP contribution in [0.2, 0.25) is 5.02 Å². The number of halogens is 2. The van der Waals surface area contributed by atoms with Crippen molar-refractivity contribution in [2.45, 2.75) is 31.7 Å². The molecule has 0 bridgehead atoms. The second-order valence-corrected chi connectivity index (χ2v) is 6.56. The second-order valence-electron chi connectivity index (χ2n) is 5.24. The SMILES string of the molecule is CC1(C(=O)O)CCCCN1C(=O)Nc1ccc(Br)cc1Cl. The zero-order valence-electron chi connectivity index (χ0n) is 11.5. The molecular formula is C14H16BrClN2O3. The molecule has 7 heteroatoms. The number of nitrogens with zero attached hydrogens (tertiary/aromatic N) is 1. The zero-order valence-corrected chi connectivity index (χ0v) is 13.9. The molecule has 1 atom stereocenters. The number of hydrogen-bond acceptors (Lipinski definition) is 2. The summed E-state index contributed by atoms with van der Waals surface area (Å²) in [5.74, 6) is -0.987. The number of carbonyl (C=O) groups is 2. The maximum Gasteiger partial charge on any atom is 0.329 e. The summed E-state index contributed by atoms with van der Waals surface area (Å²) in [6.45, 7) is 2.00. The van der Waals surface area contributed by atoms with Crippen molar-refractivity contribution in [3.63, 3.8) is 0 Å². The van der Waals surface area contributed by atoms with Crippen LogP contribution in [-0.4, -0.2) is 34.1 Å². The first-order valence-corrected chi connectivity index (χ1v) is 7.79. The van der Waals surface area contributed by atoms with Gasteiger partial charge in [-0.25, -0.2) is 9.59 Å². The van der Waals surface area contributed by atoms with E-state index in [1.807, 2.05) is 0 Å². The van der Waals surface area contributed by atoms with E-state index >= 15 is 0 Å². The lowest BCUT2D eigenvalue weighted by Gasteiger charge is -2.41. The normalized spacial score (nSPS) is 22.0. The van der Waals surface area contributed by atoms with E-state index in [1.165, 1.54) is 4.90 Å². The molecule has 5 nitrogen and oxygen atoms in total. The zero-order chi connectivity index (χ0) is 15.6. The first-order valence-electron chi connectivity index (χ1n) is 6.61. The van der Waals surface area contributed by atoms with Crippen molar-refractivity contribution in [2.24, 2.45) is 0 Å². The number of hydrogen-bond donors (Lipinski definition) is 2. The van der Waals surface area contributed by atoms with Gasteiger partial charge in [-0.1, -0.05) is 27.5 Å². The Bertz CT molecular complexity index is 581. The van der Waals surface area contributed by atoms with E-state index in [2.05, 4.69) is 21.2 Å². The topological polar surface area (TPSA) is 69.6 Å². The average molecular weight is 376 g/mol. The lowest BCUT2D eigenvalue weighted by molar-refractivity contribution is -0.150. The minimum Gasteiger partial charge on any atom is -0.480 e. The predicted octanol–water partition coefficient (Wildman–Crippen LogP) is 3.96. The molecule has 1 aromatic rings. The number of likely N-dealkylation sites (tertiary alicyclic amines) is 1. The number of carbonyl (C=O) groups excluding carboxylic acids is 1. The lowest BCUT2D eigenvalue weighted by Crippen LogP contribution is -2.58. The third kappa shape index (κ3) is 3.32. The number of carboxylic acids is 1. The Hall–Kier alpha value is -1.27. The van der Waals surface area contributed by atoms with Gasteiger partial charge in [0.15, 0.2) is 0 Å². The molecule has 1 unspecified atom stereocenters. The van der Waals surface area contributed by atoms with E-state index in [9.17, 15) is 14.7 Å². The highest BCUT2D eigenvalue weighted by molar-refractivity contribution is 9.10. The van der Waals surface area contributed by atoms with Gasteiger partial charge in [-0.15, -0.1) is 0 Å². The van der Waals surface area contributed by atoms with Crippen LogP contribution >= 0.6 is 27.5 Å². The molecule has 2 rings (SSSR count). The molecule has 0 radical (unpaired) electrons. The van der Waals surface area contributed by atoms with E-state index in [0.717, 1.165) is 17.3 Å². The molecule has 2 amide bonds. The second kappa shape index (κ2) is 6.23. The fraction of sp³-hybridized carbons (Fsp3) is 0.429. The quantitative estimate of drug-likeness (QED) is 0.822. The van der Waals surface area contributed by atoms with E-state index in [0.29, 0.717) is 23.7 Å². The van der Waals surface area contributed by atoms with Gasteiger partial charge in [-0.05, 0) is 44.4 Å². The summed E-state index contributed by atoms with van der Waals surface area (Å²) >= 11 is 9.36. The van der Waals surface area contributed by atoms with Crippen molar-refractivity contribution in [1.29, 1.82) is 0 Å². The summed E-state index contributed by atoms with van der Waals surface area (Å²) in [6.07, 6.45) is 2.04. The number of aliphatic carboxylic acids is 1. The predicted molar refractivity (Wildman–Crippen MR) is 84.8 cm³/mol. The number of piperidine rings is 1. The third-order valence-corrected chi connectivity index (χ3v) is 4.58. The fourth-order valence-corrected chi connectivity index (χ4v) is 3.16. The number of rotatable bonds is 2. The molecule has 2 N–H and O–H groups in total. The molecule has 1 aliphatic rings. The summed E-state index contributed by atoms with van der Waals surface area (Å²) in [5.41, 5.74) is -0.715. The molecule has 0 saturated carbocycles. The van der Waals surface area contributed by atoms with Crippen molar-refractivity contribution in [1.82, 2.24) is 4.90 Å². The molecule has 0 spiro atoms. The Labute approximate surface area is 136 Å². The van der Waals surface area contributed by atoms with Crippen LogP contribution in [0.5, 0.6) is 0 Å².